The Labute approximate surface area is 127 Å². The zero-order valence-electron chi connectivity index (χ0n) is 11.5. The van der Waals surface area contributed by atoms with Crippen LogP contribution in [-0.2, 0) is 14.8 Å². The van der Waals surface area contributed by atoms with Crippen LogP contribution in [0.1, 0.15) is 27.2 Å². The maximum atomic E-state index is 12.5. The molecule has 0 bridgehead atoms. The molecule has 0 aliphatic heterocycles. The fraction of sp³-hybridized carbons (Fsp3) is 0.700. The van der Waals surface area contributed by atoms with Gasteiger partial charge in [-0.1, -0.05) is 11.3 Å². The van der Waals surface area contributed by atoms with Gasteiger partial charge in [0.1, 0.15) is 0 Å². The lowest BCUT2D eigenvalue weighted by atomic mass is 10.4. The number of hydrogen-bond donors (Lipinski definition) is 1. The smallest absolute Gasteiger partial charge is 0.272 e. The zero-order valence-corrected chi connectivity index (χ0v) is 13.8. The number of carbonyl (C=O) groups excluding carboxylic acids is 1. The average Bonchev–Trinajstić information content (AvgIpc) is 2.77. The van der Waals surface area contributed by atoms with Gasteiger partial charge in [0.15, 0.2) is 0 Å². The summed E-state index contributed by atoms with van der Waals surface area (Å²) in [6.45, 7) is 5.19. The van der Waals surface area contributed by atoms with E-state index in [1.54, 1.807) is 13.8 Å². The van der Waals surface area contributed by atoms with E-state index in [9.17, 15) is 13.2 Å². The second-order valence-corrected chi connectivity index (χ2v) is 7.73. The molecule has 7 nitrogen and oxygen atoms in total. The number of hydrogen-bond acceptors (Lipinski definition) is 6. The summed E-state index contributed by atoms with van der Waals surface area (Å²) in [7, 11) is -3.72. The highest BCUT2D eigenvalue weighted by atomic mass is 35.5. The van der Waals surface area contributed by atoms with Gasteiger partial charge in [-0.05, 0) is 20.3 Å². The lowest BCUT2D eigenvalue weighted by Gasteiger charge is -2.23. The van der Waals surface area contributed by atoms with Gasteiger partial charge >= 0.3 is 0 Å². The summed E-state index contributed by atoms with van der Waals surface area (Å²) in [6, 6.07) is -0.212. The lowest BCUT2D eigenvalue weighted by molar-refractivity contribution is -0.114. The molecule has 1 N–H and O–H groups in total. The van der Waals surface area contributed by atoms with Crippen molar-refractivity contribution in [2.45, 2.75) is 37.6 Å². The van der Waals surface area contributed by atoms with E-state index >= 15 is 0 Å². The van der Waals surface area contributed by atoms with Gasteiger partial charge in [-0.3, -0.25) is 4.79 Å². The molecule has 0 aromatic carbocycles. The van der Waals surface area contributed by atoms with Gasteiger partial charge in [-0.25, -0.2) is 8.42 Å². The molecule has 0 saturated heterocycles. The number of aromatic nitrogens is 2. The number of amides is 1. The van der Waals surface area contributed by atoms with Crippen molar-refractivity contribution in [1.82, 2.24) is 14.5 Å². The van der Waals surface area contributed by atoms with Crippen molar-refractivity contribution in [1.29, 1.82) is 0 Å². The summed E-state index contributed by atoms with van der Waals surface area (Å²) in [5, 5.41) is 9.87. The Morgan fingerprint density at radius 3 is 2.60 bits per heavy atom. The first-order valence-corrected chi connectivity index (χ1v) is 8.77. The van der Waals surface area contributed by atoms with Crippen molar-refractivity contribution in [2.24, 2.45) is 0 Å². The Hall–Kier alpha value is -0.770. The number of halogens is 1. The first-order valence-electron chi connectivity index (χ1n) is 5.98. The molecule has 1 rings (SSSR count). The molecule has 0 atom stereocenters. The maximum Gasteiger partial charge on any atom is 0.272 e. The van der Waals surface area contributed by atoms with Gasteiger partial charge in [0, 0.05) is 25.4 Å². The molecule has 0 aliphatic carbocycles. The molecule has 0 spiro atoms. The van der Waals surface area contributed by atoms with Crippen LogP contribution in [0.3, 0.4) is 0 Å². The molecule has 20 heavy (non-hydrogen) atoms. The maximum absolute atomic E-state index is 12.5. The third-order valence-electron chi connectivity index (χ3n) is 2.31. The highest BCUT2D eigenvalue weighted by Gasteiger charge is 2.30. The fourth-order valence-electron chi connectivity index (χ4n) is 1.49. The van der Waals surface area contributed by atoms with Gasteiger partial charge in [-0.15, -0.1) is 21.8 Å². The quantitative estimate of drug-likeness (QED) is 0.600. The topological polar surface area (TPSA) is 92.3 Å². The average molecular weight is 341 g/mol. The van der Waals surface area contributed by atoms with Crippen LogP contribution in [-0.4, -0.2) is 47.3 Å². The van der Waals surface area contributed by atoms with E-state index in [4.69, 9.17) is 11.6 Å². The van der Waals surface area contributed by atoms with Gasteiger partial charge in [0.05, 0.1) is 0 Å². The van der Waals surface area contributed by atoms with Crippen molar-refractivity contribution < 1.29 is 13.2 Å². The Morgan fingerprint density at radius 1 is 1.45 bits per heavy atom. The van der Waals surface area contributed by atoms with E-state index in [0.29, 0.717) is 18.8 Å². The van der Waals surface area contributed by atoms with E-state index in [1.807, 2.05) is 0 Å². The first-order chi connectivity index (χ1) is 9.28. The number of nitrogens with one attached hydrogen (secondary N) is 1. The number of nitrogens with zero attached hydrogens (tertiary/aromatic N) is 3. The molecule has 0 fully saturated rings. The third-order valence-corrected chi connectivity index (χ3v) is 5.83. The molecule has 114 valence electrons. The Bertz CT molecular complexity index is 559. The number of rotatable bonds is 7. The van der Waals surface area contributed by atoms with Crippen molar-refractivity contribution in [3.05, 3.63) is 0 Å². The highest BCUT2D eigenvalue weighted by Crippen LogP contribution is 2.24. The third kappa shape index (κ3) is 4.37. The van der Waals surface area contributed by atoms with Crippen LogP contribution in [0, 0.1) is 0 Å². The van der Waals surface area contributed by atoms with Crippen LogP contribution in [0.2, 0.25) is 0 Å². The van der Waals surface area contributed by atoms with Gasteiger partial charge in [0.2, 0.25) is 15.4 Å². The molecule has 1 heterocycles. The number of carbonyl (C=O) groups is 1. The monoisotopic (exact) mass is 340 g/mol. The summed E-state index contributed by atoms with van der Waals surface area (Å²) >= 11 is 6.44. The van der Waals surface area contributed by atoms with Crippen LogP contribution in [0.25, 0.3) is 0 Å². The van der Waals surface area contributed by atoms with Crippen molar-refractivity contribution >= 4 is 44.0 Å². The predicted molar refractivity (Wildman–Crippen MR) is 78.6 cm³/mol. The number of sulfonamides is 1. The fourth-order valence-corrected chi connectivity index (χ4v) is 4.34. The number of anilines is 1. The minimum atomic E-state index is -3.72. The summed E-state index contributed by atoms with van der Waals surface area (Å²) in [5.74, 6) is 0.0550. The molecule has 1 amide bonds. The standard InChI is InChI=1S/C10H17ClN4O3S2/c1-7(2)15(6-4-5-11)20(17,18)10-14-13-9(19-10)12-8(3)16/h7H,4-6H2,1-3H3,(H,12,13,16). The molecular weight excluding hydrogens is 324 g/mol. The van der Waals surface area contributed by atoms with Crippen LogP contribution in [0.4, 0.5) is 5.13 Å². The van der Waals surface area contributed by atoms with Crippen molar-refractivity contribution in [3.63, 3.8) is 0 Å². The van der Waals surface area contributed by atoms with E-state index in [1.165, 1.54) is 11.2 Å². The second kappa shape index (κ2) is 7.30. The van der Waals surface area contributed by atoms with Gasteiger partial charge < -0.3 is 5.32 Å². The molecule has 0 radical (unpaired) electrons. The normalized spacial score (nSPS) is 12.1. The molecule has 10 heteroatoms. The molecule has 0 aliphatic rings. The van der Waals surface area contributed by atoms with Crippen LogP contribution in [0.15, 0.2) is 4.34 Å². The van der Waals surface area contributed by atoms with Gasteiger partial charge in [-0.2, -0.15) is 4.31 Å². The summed E-state index contributed by atoms with van der Waals surface area (Å²) in [5.41, 5.74) is 0. The highest BCUT2D eigenvalue weighted by molar-refractivity contribution is 7.91. The minimum absolute atomic E-state index is 0.135. The zero-order chi connectivity index (χ0) is 15.3. The summed E-state index contributed by atoms with van der Waals surface area (Å²) < 4.78 is 26.1. The van der Waals surface area contributed by atoms with E-state index in [-0.39, 0.29) is 21.4 Å². The largest absolute Gasteiger partial charge is 0.301 e. The van der Waals surface area contributed by atoms with Crippen molar-refractivity contribution in [2.75, 3.05) is 17.7 Å². The number of alkyl halides is 1. The Kier molecular flexibility index (Phi) is 6.31. The minimum Gasteiger partial charge on any atom is -0.301 e. The second-order valence-electron chi connectivity index (χ2n) is 4.31. The summed E-state index contributed by atoms with van der Waals surface area (Å²) in [6.07, 6.45) is 0.552. The molecule has 0 saturated carbocycles. The predicted octanol–water partition coefficient (Wildman–Crippen LogP) is 1.52. The summed E-state index contributed by atoms with van der Waals surface area (Å²) in [4.78, 5) is 10.9. The molecule has 0 unspecified atom stereocenters. The van der Waals surface area contributed by atoms with E-state index in [2.05, 4.69) is 15.5 Å². The Balaban J connectivity index is 3.00. The molecular formula is C10H17ClN4O3S2. The van der Waals surface area contributed by atoms with Crippen LogP contribution in [0.5, 0.6) is 0 Å². The van der Waals surface area contributed by atoms with E-state index in [0.717, 1.165) is 11.3 Å². The van der Waals surface area contributed by atoms with Crippen LogP contribution < -0.4 is 5.32 Å². The van der Waals surface area contributed by atoms with Crippen molar-refractivity contribution in [3.8, 4) is 0 Å². The molecule has 1 aromatic heterocycles. The van der Waals surface area contributed by atoms with Gasteiger partial charge in [0.25, 0.3) is 10.0 Å². The molecule has 1 aromatic rings. The lowest BCUT2D eigenvalue weighted by Crippen LogP contribution is -2.37. The van der Waals surface area contributed by atoms with Crippen LogP contribution >= 0.6 is 22.9 Å². The first kappa shape index (κ1) is 17.3. The Morgan fingerprint density at radius 2 is 2.10 bits per heavy atom. The SMILES string of the molecule is CC(=O)Nc1nnc(S(=O)(=O)N(CCCCl)C(C)C)s1. The van der Waals surface area contributed by atoms with E-state index < -0.39 is 10.0 Å².